The Morgan fingerprint density at radius 3 is 2.61 bits per heavy atom. The number of carboxylic acid groups (broad SMARTS) is 1. The molecule has 0 aromatic carbocycles. The number of hydrogen-bond donors (Lipinski definition) is 2. The predicted molar refractivity (Wildman–Crippen MR) is 55.6 cm³/mol. The van der Waals surface area contributed by atoms with Gasteiger partial charge in [-0.2, -0.15) is 8.78 Å². The average Bonchev–Trinajstić information content (AvgIpc) is 2.27. The third kappa shape index (κ3) is 3.46. The van der Waals surface area contributed by atoms with Crippen LogP contribution in [0.4, 0.5) is 23.4 Å². The van der Waals surface area contributed by atoms with Crippen molar-refractivity contribution in [2.45, 2.75) is 12.3 Å². The van der Waals surface area contributed by atoms with Gasteiger partial charge in [0.25, 0.3) is 0 Å². The van der Waals surface area contributed by atoms with Gasteiger partial charge in [-0.15, -0.1) is 0 Å². The first-order valence-electron chi connectivity index (χ1n) is 4.53. The number of anilines is 1. The van der Waals surface area contributed by atoms with E-state index in [1.807, 2.05) is 5.32 Å². The van der Waals surface area contributed by atoms with Gasteiger partial charge in [0.2, 0.25) is 0 Å². The van der Waals surface area contributed by atoms with Crippen LogP contribution in [-0.4, -0.2) is 35.0 Å². The van der Waals surface area contributed by atoms with Crippen LogP contribution in [0.2, 0.25) is 5.02 Å². The summed E-state index contributed by atoms with van der Waals surface area (Å²) in [5.41, 5.74) is -0.554. The Kier molecular flexibility index (Phi) is 4.33. The Balaban J connectivity index is 2.81. The number of aromatic carboxylic acids is 1. The summed E-state index contributed by atoms with van der Waals surface area (Å²) in [5.74, 6) is -5.97. The highest BCUT2D eigenvalue weighted by Crippen LogP contribution is 2.23. The molecule has 0 saturated heterocycles. The zero-order valence-electron chi connectivity index (χ0n) is 8.63. The second kappa shape index (κ2) is 5.38. The SMILES string of the molecule is O=C(O)c1nc(NCC(F)(F)C(F)F)ccc1Cl. The van der Waals surface area contributed by atoms with E-state index >= 15 is 0 Å². The molecule has 0 atom stereocenters. The number of rotatable bonds is 5. The number of carboxylic acids is 1. The summed E-state index contributed by atoms with van der Waals surface area (Å²) in [6, 6.07) is 2.22. The van der Waals surface area contributed by atoms with Gasteiger partial charge in [0.15, 0.2) is 5.69 Å². The zero-order valence-corrected chi connectivity index (χ0v) is 9.39. The van der Waals surface area contributed by atoms with Crippen LogP contribution >= 0.6 is 11.6 Å². The molecule has 0 fully saturated rings. The van der Waals surface area contributed by atoms with Gasteiger partial charge in [-0.05, 0) is 12.1 Å². The fourth-order valence-corrected chi connectivity index (χ4v) is 1.16. The van der Waals surface area contributed by atoms with Gasteiger partial charge in [-0.1, -0.05) is 11.6 Å². The molecule has 9 heteroatoms. The quantitative estimate of drug-likeness (QED) is 0.817. The Hall–Kier alpha value is -1.57. The summed E-state index contributed by atoms with van der Waals surface area (Å²) < 4.78 is 48.9. The zero-order chi connectivity index (χ0) is 13.9. The number of aromatic nitrogens is 1. The lowest BCUT2D eigenvalue weighted by Gasteiger charge is -2.16. The van der Waals surface area contributed by atoms with Gasteiger partial charge >= 0.3 is 18.3 Å². The Morgan fingerprint density at radius 2 is 2.11 bits per heavy atom. The number of carbonyl (C=O) groups is 1. The van der Waals surface area contributed by atoms with E-state index in [0.29, 0.717) is 0 Å². The molecule has 1 aromatic rings. The maximum absolute atomic E-state index is 12.6. The smallest absolute Gasteiger partial charge is 0.356 e. The minimum atomic E-state index is -4.23. The van der Waals surface area contributed by atoms with Gasteiger partial charge in [-0.3, -0.25) is 0 Å². The van der Waals surface area contributed by atoms with Crippen LogP contribution in [0.25, 0.3) is 0 Å². The number of halogens is 5. The lowest BCUT2D eigenvalue weighted by atomic mass is 10.3. The second-order valence-electron chi connectivity index (χ2n) is 3.25. The summed E-state index contributed by atoms with van der Waals surface area (Å²) in [5, 5.41) is 10.4. The largest absolute Gasteiger partial charge is 0.476 e. The highest BCUT2D eigenvalue weighted by molar-refractivity contribution is 6.33. The molecule has 0 aliphatic rings. The van der Waals surface area contributed by atoms with E-state index in [1.54, 1.807) is 0 Å². The fourth-order valence-electron chi connectivity index (χ4n) is 0.976. The topological polar surface area (TPSA) is 62.2 Å². The molecule has 4 nitrogen and oxygen atoms in total. The summed E-state index contributed by atoms with van der Waals surface area (Å²) in [4.78, 5) is 14.1. The summed E-state index contributed by atoms with van der Waals surface area (Å²) in [6.07, 6.45) is -3.82. The first-order valence-corrected chi connectivity index (χ1v) is 4.91. The molecule has 0 amide bonds. The Bertz CT molecular complexity index is 456. The molecule has 0 bridgehead atoms. The van der Waals surface area contributed by atoms with Crippen molar-refractivity contribution in [1.29, 1.82) is 0 Å². The minimum absolute atomic E-state index is 0.186. The monoisotopic (exact) mass is 286 g/mol. The van der Waals surface area contributed by atoms with E-state index in [0.717, 1.165) is 12.1 Å². The molecule has 0 aliphatic heterocycles. The molecule has 1 heterocycles. The van der Waals surface area contributed by atoms with Crippen molar-refractivity contribution in [1.82, 2.24) is 4.98 Å². The van der Waals surface area contributed by atoms with E-state index in [2.05, 4.69) is 4.98 Å². The number of hydrogen-bond acceptors (Lipinski definition) is 3. The van der Waals surface area contributed by atoms with Crippen molar-refractivity contribution < 1.29 is 27.5 Å². The third-order valence-corrected chi connectivity index (χ3v) is 2.18. The molecule has 0 unspecified atom stereocenters. The van der Waals surface area contributed by atoms with Crippen LogP contribution < -0.4 is 5.32 Å². The summed E-state index contributed by atoms with van der Waals surface area (Å²) >= 11 is 5.49. The van der Waals surface area contributed by atoms with Crippen LogP contribution in [0, 0.1) is 0 Å². The van der Waals surface area contributed by atoms with Gasteiger partial charge in [-0.25, -0.2) is 18.6 Å². The van der Waals surface area contributed by atoms with Gasteiger partial charge in [0, 0.05) is 0 Å². The lowest BCUT2D eigenvalue weighted by molar-refractivity contribution is -0.117. The first-order chi connectivity index (χ1) is 8.24. The molecule has 0 spiro atoms. The van der Waals surface area contributed by atoms with Crippen molar-refractivity contribution in [2.24, 2.45) is 0 Å². The normalized spacial score (nSPS) is 11.7. The fraction of sp³-hybridized carbons (Fsp3) is 0.333. The van der Waals surface area contributed by atoms with Crippen molar-refractivity contribution in [3.63, 3.8) is 0 Å². The molecular weight excluding hydrogens is 280 g/mol. The number of nitrogens with one attached hydrogen (secondary N) is 1. The third-order valence-electron chi connectivity index (χ3n) is 1.87. The minimum Gasteiger partial charge on any atom is -0.476 e. The van der Waals surface area contributed by atoms with E-state index < -0.39 is 30.6 Å². The van der Waals surface area contributed by atoms with Crippen molar-refractivity contribution in [3.8, 4) is 0 Å². The van der Waals surface area contributed by atoms with Crippen molar-refractivity contribution >= 4 is 23.4 Å². The molecule has 0 aliphatic carbocycles. The lowest BCUT2D eigenvalue weighted by Crippen LogP contribution is -2.35. The van der Waals surface area contributed by atoms with Gasteiger partial charge < -0.3 is 10.4 Å². The maximum atomic E-state index is 12.6. The average molecular weight is 287 g/mol. The maximum Gasteiger partial charge on any atom is 0.356 e. The molecular formula is C9H7ClF4N2O2. The molecule has 18 heavy (non-hydrogen) atoms. The van der Waals surface area contributed by atoms with E-state index in [9.17, 15) is 22.4 Å². The molecule has 1 rings (SSSR count). The highest BCUT2D eigenvalue weighted by Gasteiger charge is 2.40. The van der Waals surface area contributed by atoms with Crippen LogP contribution in [0.15, 0.2) is 12.1 Å². The summed E-state index contributed by atoms with van der Waals surface area (Å²) in [7, 11) is 0. The van der Waals surface area contributed by atoms with E-state index in [4.69, 9.17) is 16.7 Å². The summed E-state index contributed by atoms with van der Waals surface area (Å²) in [6.45, 7) is -1.36. The molecule has 100 valence electrons. The van der Waals surface area contributed by atoms with Crippen LogP contribution in [0.5, 0.6) is 0 Å². The molecule has 0 saturated carbocycles. The van der Waals surface area contributed by atoms with Gasteiger partial charge in [0.05, 0.1) is 11.6 Å². The Morgan fingerprint density at radius 1 is 1.50 bits per heavy atom. The molecule has 0 radical (unpaired) electrons. The van der Waals surface area contributed by atoms with E-state index in [1.165, 1.54) is 0 Å². The first kappa shape index (κ1) is 14.5. The molecule has 1 aromatic heterocycles. The molecule has 2 N–H and O–H groups in total. The van der Waals surface area contributed by atoms with Crippen LogP contribution in [0.1, 0.15) is 10.5 Å². The predicted octanol–water partition coefficient (Wildman–Crippen LogP) is 2.75. The number of pyridine rings is 1. The number of alkyl halides is 4. The van der Waals surface area contributed by atoms with E-state index in [-0.39, 0.29) is 10.8 Å². The standard InChI is InChI=1S/C9H7ClF4N2O2/c10-4-1-2-5(16-6(4)7(17)18)15-3-9(13,14)8(11)12/h1-2,8H,3H2,(H,15,16)(H,17,18). The van der Waals surface area contributed by atoms with Crippen molar-refractivity contribution in [3.05, 3.63) is 22.8 Å². The Labute approximate surface area is 104 Å². The second-order valence-corrected chi connectivity index (χ2v) is 3.65. The van der Waals surface area contributed by atoms with Crippen LogP contribution in [-0.2, 0) is 0 Å². The van der Waals surface area contributed by atoms with Crippen LogP contribution in [0.3, 0.4) is 0 Å². The number of nitrogens with zero attached hydrogens (tertiary/aromatic N) is 1. The van der Waals surface area contributed by atoms with Gasteiger partial charge in [0.1, 0.15) is 5.82 Å². The van der Waals surface area contributed by atoms with Crippen molar-refractivity contribution in [2.75, 3.05) is 11.9 Å². The highest BCUT2D eigenvalue weighted by atomic mass is 35.5.